The highest BCUT2D eigenvalue weighted by Gasteiger charge is 2.24. The lowest BCUT2D eigenvalue weighted by Gasteiger charge is -1.97. The Labute approximate surface area is 130 Å². The van der Waals surface area contributed by atoms with Gasteiger partial charge in [-0.25, -0.2) is 10.2 Å². The molecule has 1 aliphatic rings. The first-order chi connectivity index (χ1) is 10.7. The third-order valence-electron chi connectivity index (χ3n) is 3.04. The quantitative estimate of drug-likeness (QED) is 0.670. The van der Waals surface area contributed by atoms with Crippen molar-refractivity contribution in [1.82, 2.24) is 10.4 Å². The summed E-state index contributed by atoms with van der Waals surface area (Å²) in [6, 6.07) is 5.44. The molecule has 3 rings (SSSR count). The Morgan fingerprint density at radius 1 is 1.50 bits per heavy atom. The van der Waals surface area contributed by atoms with Crippen LogP contribution in [0.4, 0.5) is 0 Å². The van der Waals surface area contributed by atoms with E-state index in [1.807, 2.05) is 17.5 Å². The van der Waals surface area contributed by atoms with Gasteiger partial charge in [0.15, 0.2) is 0 Å². The molecule has 0 fully saturated rings. The molecule has 6 nitrogen and oxygen atoms in total. The van der Waals surface area contributed by atoms with E-state index in [0.29, 0.717) is 29.1 Å². The summed E-state index contributed by atoms with van der Waals surface area (Å²) in [5.41, 5.74) is 4.58. The van der Waals surface area contributed by atoms with E-state index in [9.17, 15) is 9.59 Å². The number of amides is 1. The normalized spacial score (nSPS) is 15.8. The van der Waals surface area contributed by atoms with Crippen LogP contribution in [0.15, 0.2) is 40.5 Å². The predicted molar refractivity (Wildman–Crippen MR) is 83.7 cm³/mol. The van der Waals surface area contributed by atoms with Crippen LogP contribution >= 0.6 is 11.3 Å². The van der Waals surface area contributed by atoms with E-state index >= 15 is 0 Å². The topological polar surface area (TPSA) is 83.5 Å². The lowest BCUT2D eigenvalue weighted by molar-refractivity contribution is -0.116. The van der Waals surface area contributed by atoms with E-state index in [4.69, 9.17) is 4.74 Å². The largest absolute Gasteiger partial charge is 0.462 e. The minimum Gasteiger partial charge on any atom is -0.462 e. The predicted octanol–water partition coefficient (Wildman–Crippen LogP) is 2.17. The summed E-state index contributed by atoms with van der Waals surface area (Å²) in [7, 11) is 0. The second kappa shape index (κ2) is 5.98. The Hall–Kier alpha value is -2.67. The first-order valence-corrected chi connectivity index (χ1v) is 7.56. The molecule has 1 aliphatic heterocycles. The van der Waals surface area contributed by atoms with Crippen LogP contribution in [-0.2, 0) is 9.53 Å². The second-order valence-corrected chi connectivity index (χ2v) is 5.45. The molecule has 0 aliphatic carbocycles. The maximum absolute atomic E-state index is 11.9. The lowest BCUT2D eigenvalue weighted by Crippen LogP contribution is -2.13. The van der Waals surface area contributed by atoms with Crippen LogP contribution in [0.1, 0.15) is 27.9 Å². The number of nitrogens with zero attached hydrogens (tertiary/aromatic N) is 1. The number of aromatic amines is 1. The van der Waals surface area contributed by atoms with Gasteiger partial charge in [-0.3, -0.25) is 4.79 Å². The summed E-state index contributed by atoms with van der Waals surface area (Å²) in [6.45, 7) is 2.07. The van der Waals surface area contributed by atoms with Gasteiger partial charge in [-0.15, -0.1) is 11.3 Å². The fraction of sp³-hybridized carbons (Fsp3) is 0.133. The van der Waals surface area contributed by atoms with Crippen molar-refractivity contribution in [1.29, 1.82) is 0 Å². The molecule has 2 N–H and O–H groups in total. The fourth-order valence-electron chi connectivity index (χ4n) is 2.05. The number of rotatable bonds is 4. The number of hydrogen-bond donors (Lipinski definition) is 2. The van der Waals surface area contributed by atoms with Crippen LogP contribution in [-0.4, -0.2) is 29.2 Å². The Bertz CT molecular complexity index is 772. The van der Waals surface area contributed by atoms with E-state index in [0.717, 1.165) is 4.88 Å². The molecule has 2 aromatic rings. The van der Waals surface area contributed by atoms with Crippen LogP contribution < -0.4 is 5.43 Å². The zero-order valence-corrected chi connectivity index (χ0v) is 12.6. The van der Waals surface area contributed by atoms with Crippen molar-refractivity contribution in [3.63, 3.8) is 0 Å². The average Bonchev–Trinajstić information content (AvgIpc) is 3.22. The minimum atomic E-state index is -0.397. The van der Waals surface area contributed by atoms with Gasteiger partial charge < -0.3 is 9.72 Å². The summed E-state index contributed by atoms with van der Waals surface area (Å²) in [5.74, 6) is -0.665. The van der Waals surface area contributed by atoms with E-state index in [1.165, 1.54) is 11.3 Å². The summed E-state index contributed by atoms with van der Waals surface area (Å²) in [4.78, 5) is 27.4. The van der Waals surface area contributed by atoms with Gasteiger partial charge in [0.25, 0.3) is 5.91 Å². The number of carbonyl (C=O) groups is 2. The van der Waals surface area contributed by atoms with E-state index in [-0.39, 0.29) is 5.91 Å². The number of thiophene rings is 1. The molecule has 0 atom stereocenters. The van der Waals surface area contributed by atoms with Gasteiger partial charge in [-0.2, -0.15) is 5.10 Å². The van der Waals surface area contributed by atoms with Crippen molar-refractivity contribution < 1.29 is 14.3 Å². The number of aromatic nitrogens is 1. The van der Waals surface area contributed by atoms with Crippen molar-refractivity contribution in [3.05, 3.63) is 51.5 Å². The van der Waals surface area contributed by atoms with Gasteiger partial charge in [0.1, 0.15) is 5.71 Å². The van der Waals surface area contributed by atoms with Gasteiger partial charge in [-0.1, -0.05) is 6.07 Å². The summed E-state index contributed by atoms with van der Waals surface area (Å²) in [5, 5.41) is 5.98. The third kappa shape index (κ3) is 2.71. The smallest absolute Gasteiger partial charge is 0.339 e. The zero-order valence-electron chi connectivity index (χ0n) is 11.8. The molecule has 0 saturated carbocycles. The molecule has 112 valence electrons. The molecule has 0 bridgehead atoms. The molecule has 0 radical (unpaired) electrons. The number of H-pyrrole nitrogens is 1. The Morgan fingerprint density at radius 3 is 3.09 bits per heavy atom. The number of ether oxygens (including phenoxy) is 1. The van der Waals surface area contributed by atoms with Crippen LogP contribution in [0.5, 0.6) is 0 Å². The van der Waals surface area contributed by atoms with Crippen LogP contribution in [0.3, 0.4) is 0 Å². The molecule has 2 aromatic heterocycles. The molecule has 0 aromatic carbocycles. The monoisotopic (exact) mass is 315 g/mol. The van der Waals surface area contributed by atoms with Gasteiger partial charge >= 0.3 is 5.97 Å². The standard InChI is InChI=1S/C15H13N3O3S/c1-2-21-15(20)9-6-10(16-8-9)7-11-13(17-18-14(11)19)12-4-3-5-22-12/h3-8,16H,2H2,1H3,(H,18,19)/b11-7+. The zero-order chi connectivity index (χ0) is 15.5. The van der Waals surface area contributed by atoms with Gasteiger partial charge in [0.05, 0.1) is 22.6 Å². The number of nitrogens with one attached hydrogen (secondary N) is 2. The number of carbonyl (C=O) groups excluding carboxylic acids is 2. The highest BCUT2D eigenvalue weighted by Crippen LogP contribution is 2.21. The fourth-order valence-corrected chi connectivity index (χ4v) is 2.78. The molecule has 1 amide bonds. The van der Waals surface area contributed by atoms with Crippen molar-refractivity contribution >= 4 is 35.0 Å². The van der Waals surface area contributed by atoms with Crippen molar-refractivity contribution in [2.45, 2.75) is 6.92 Å². The minimum absolute atomic E-state index is 0.268. The maximum Gasteiger partial charge on any atom is 0.339 e. The van der Waals surface area contributed by atoms with Crippen molar-refractivity contribution in [2.24, 2.45) is 5.10 Å². The summed E-state index contributed by atoms with van der Waals surface area (Å²) >= 11 is 1.51. The maximum atomic E-state index is 11.9. The molecular weight excluding hydrogens is 302 g/mol. The average molecular weight is 315 g/mol. The molecule has 0 unspecified atom stereocenters. The van der Waals surface area contributed by atoms with E-state index < -0.39 is 5.97 Å². The number of hydrogen-bond acceptors (Lipinski definition) is 5. The van der Waals surface area contributed by atoms with Gasteiger partial charge in [-0.05, 0) is 30.5 Å². The number of hydrazone groups is 1. The van der Waals surface area contributed by atoms with Crippen LogP contribution in [0.2, 0.25) is 0 Å². The molecule has 7 heteroatoms. The second-order valence-electron chi connectivity index (χ2n) is 4.50. The Kier molecular flexibility index (Phi) is 3.88. The molecule has 3 heterocycles. The Morgan fingerprint density at radius 2 is 2.36 bits per heavy atom. The SMILES string of the molecule is CCOC(=O)c1c[nH]c(/C=C2/C(=O)NN=C2c2cccs2)c1. The Balaban J connectivity index is 1.89. The van der Waals surface area contributed by atoms with Gasteiger partial charge in [0.2, 0.25) is 0 Å². The first kappa shape index (κ1) is 14.3. The van der Waals surface area contributed by atoms with E-state index in [2.05, 4.69) is 15.5 Å². The van der Waals surface area contributed by atoms with Crippen molar-refractivity contribution in [3.8, 4) is 0 Å². The summed E-state index contributed by atoms with van der Waals surface area (Å²) < 4.78 is 4.93. The molecule has 0 saturated heterocycles. The molecule has 22 heavy (non-hydrogen) atoms. The number of esters is 1. The third-order valence-corrected chi connectivity index (χ3v) is 3.92. The lowest BCUT2D eigenvalue weighted by atomic mass is 10.1. The van der Waals surface area contributed by atoms with Crippen LogP contribution in [0, 0.1) is 0 Å². The van der Waals surface area contributed by atoms with Crippen molar-refractivity contribution in [2.75, 3.05) is 6.61 Å². The highest BCUT2D eigenvalue weighted by molar-refractivity contribution is 7.12. The first-order valence-electron chi connectivity index (χ1n) is 6.68. The van der Waals surface area contributed by atoms with Gasteiger partial charge in [0, 0.05) is 11.9 Å². The molecular formula is C15H13N3O3S. The van der Waals surface area contributed by atoms with E-state index in [1.54, 1.807) is 25.3 Å². The highest BCUT2D eigenvalue weighted by atomic mass is 32.1. The van der Waals surface area contributed by atoms with Crippen LogP contribution in [0.25, 0.3) is 6.08 Å². The summed E-state index contributed by atoms with van der Waals surface area (Å²) in [6.07, 6.45) is 3.23. The molecule has 0 spiro atoms.